The Balaban J connectivity index is 1.35. The number of urea groups is 1. The van der Waals surface area contributed by atoms with Crippen molar-refractivity contribution in [2.24, 2.45) is 0 Å². The minimum atomic E-state index is -0.767. The molecule has 196 valence electrons. The van der Waals surface area contributed by atoms with E-state index in [2.05, 4.69) is 15.8 Å². The van der Waals surface area contributed by atoms with Gasteiger partial charge in [-0.15, -0.1) is 0 Å². The third-order valence-corrected chi connectivity index (χ3v) is 6.42. The number of ether oxygens (including phenoxy) is 2. The van der Waals surface area contributed by atoms with Crippen molar-refractivity contribution in [2.75, 3.05) is 25.5 Å². The zero-order valence-corrected chi connectivity index (χ0v) is 21.2. The van der Waals surface area contributed by atoms with Crippen molar-refractivity contribution in [2.45, 2.75) is 45.4 Å². The second kappa shape index (κ2) is 11.8. The molecule has 2 unspecified atom stereocenters. The van der Waals surface area contributed by atoms with Crippen LogP contribution in [0.1, 0.15) is 40.2 Å². The number of aryl methyl sites for hydroxylation is 2. The van der Waals surface area contributed by atoms with Crippen molar-refractivity contribution in [1.29, 1.82) is 0 Å². The quantitative estimate of drug-likeness (QED) is 0.445. The van der Waals surface area contributed by atoms with Crippen LogP contribution in [-0.4, -0.2) is 59.4 Å². The average Bonchev–Trinajstić information content (AvgIpc) is 3.10. The van der Waals surface area contributed by atoms with Crippen LogP contribution in [0.5, 0.6) is 11.5 Å². The van der Waals surface area contributed by atoms with Gasteiger partial charge in [-0.2, -0.15) is 0 Å². The molecule has 1 aromatic heterocycles. The van der Waals surface area contributed by atoms with Gasteiger partial charge in [0.25, 0.3) is 5.91 Å². The molecule has 0 saturated carbocycles. The zero-order valence-electron chi connectivity index (χ0n) is 21.2. The number of nitrogens with zero attached hydrogens (tertiary/aromatic N) is 2. The Bertz CT molecular complexity index is 1210. The molecule has 37 heavy (non-hydrogen) atoms. The Hall–Kier alpha value is -4.05. The molecule has 2 aromatic carbocycles. The lowest BCUT2D eigenvalue weighted by Crippen LogP contribution is -2.50. The van der Waals surface area contributed by atoms with Gasteiger partial charge in [0, 0.05) is 30.4 Å². The molecule has 1 aliphatic heterocycles. The van der Waals surface area contributed by atoms with Crippen LogP contribution < -0.4 is 20.1 Å². The Morgan fingerprint density at radius 2 is 1.95 bits per heavy atom. The normalized spacial score (nSPS) is 17.6. The van der Waals surface area contributed by atoms with Crippen LogP contribution in [0, 0.1) is 13.8 Å². The molecule has 1 fully saturated rings. The monoisotopic (exact) mass is 508 g/mol. The van der Waals surface area contributed by atoms with Gasteiger partial charge in [-0.25, -0.2) is 4.79 Å². The molecule has 3 amide bonds. The molecule has 3 aromatic rings. The summed E-state index contributed by atoms with van der Waals surface area (Å²) in [6.45, 7) is 4.65. The van der Waals surface area contributed by atoms with Gasteiger partial charge in [0.1, 0.15) is 23.9 Å². The Kier molecular flexibility index (Phi) is 8.29. The lowest BCUT2D eigenvalue weighted by atomic mass is 10.1. The van der Waals surface area contributed by atoms with Crippen LogP contribution in [0.3, 0.4) is 0 Å². The third kappa shape index (κ3) is 6.59. The molecular formula is C27H32N4O6. The summed E-state index contributed by atoms with van der Waals surface area (Å²) in [6.07, 6.45) is 0.328. The largest absolute Gasteiger partial charge is 0.497 e. The van der Waals surface area contributed by atoms with Gasteiger partial charge in [0.05, 0.1) is 30.5 Å². The fourth-order valence-corrected chi connectivity index (χ4v) is 4.19. The second-order valence-corrected chi connectivity index (χ2v) is 9.01. The fourth-order valence-electron chi connectivity index (χ4n) is 4.19. The lowest BCUT2D eigenvalue weighted by Gasteiger charge is -2.27. The Morgan fingerprint density at radius 1 is 1.16 bits per heavy atom. The molecular weight excluding hydrogens is 476 g/mol. The van der Waals surface area contributed by atoms with Gasteiger partial charge in [0.15, 0.2) is 0 Å². The number of likely N-dealkylation sites (tertiary alicyclic amines) is 1. The second-order valence-electron chi connectivity index (χ2n) is 9.01. The first kappa shape index (κ1) is 26.0. The van der Waals surface area contributed by atoms with Gasteiger partial charge >= 0.3 is 6.03 Å². The van der Waals surface area contributed by atoms with Crippen LogP contribution in [0.15, 0.2) is 53.1 Å². The standard InChI is InChI=1S/C27H32N4O6/c1-17-23(18(2)37-30-17)16-36-21-11-9-19(10-12-21)26(33)29-24-15-31(13-5-8-25(24)32)27(34)28-20-6-4-7-22(14-20)35-3/h4,6-7,9-12,14,24-25,32H,5,8,13,15-16H2,1-3H3,(H,28,34)(H,29,33). The number of aromatic nitrogens is 1. The highest BCUT2D eigenvalue weighted by Crippen LogP contribution is 2.20. The van der Waals surface area contributed by atoms with E-state index in [0.29, 0.717) is 54.5 Å². The summed E-state index contributed by atoms with van der Waals surface area (Å²) in [5.41, 5.74) is 2.70. The minimum absolute atomic E-state index is 0.182. The number of hydrogen-bond acceptors (Lipinski definition) is 7. The van der Waals surface area contributed by atoms with E-state index < -0.39 is 12.1 Å². The predicted octanol–water partition coefficient (Wildman–Crippen LogP) is 3.67. The third-order valence-electron chi connectivity index (χ3n) is 6.42. The van der Waals surface area contributed by atoms with Crippen molar-refractivity contribution in [1.82, 2.24) is 15.4 Å². The van der Waals surface area contributed by atoms with Crippen molar-refractivity contribution in [3.63, 3.8) is 0 Å². The SMILES string of the molecule is COc1cccc(NC(=O)N2CCCC(O)C(NC(=O)c3ccc(OCc4c(C)noc4C)cc3)C2)c1. The summed E-state index contributed by atoms with van der Waals surface area (Å²) < 4.78 is 16.2. The summed E-state index contributed by atoms with van der Waals surface area (Å²) in [7, 11) is 1.56. The molecule has 0 bridgehead atoms. The molecule has 0 spiro atoms. The topological polar surface area (TPSA) is 126 Å². The van der Waals surface area contributed by atoms with E-state index in [0.717, 1.165) is 11.3 Å². The number of carbonyl (C=O) groups is 2. The van der Waals surface area contributed by atoms with Gasteiger partial charge in [-0.1, -0.05) is 11.2 Å². The van der Waals surface area contributed by atoms with Gasteiger partial charge in [-0.05, 0) is 63.1 Å². The number of hydrogen-bond donors (Lipinski definition) is 3. The van der Waals surface area contributed by atoms with Crippen LogP contribution in [-0.2, 0) is 6.61 Å². The minimum Gasteiger partial charge on any atom is -0.497 e. The van der Waals surface area contributed by atoms with Crippen LogP contribution in [0.4, 0.5) is 10.5 Å². The smallest absolute Gasteiger partial charge is 0.321 e. The zero-order chi connectivity index (χ0) is 26.4. The van der Waals surface area contributed by atoms with E-state index in [1.165, 1.54) is 0 Å². The van der Waals surface area contributed by atoms with Crippen LogP contribution >= 0.6 is 0 Å². The van der Waals surface area contributed by atoms with E-state index in [1.54, 1.807) is 60.5 Å². The van der Waals surface area contributed by atoms with Crippen molar-refractivity contribution in [3.05, 3.63) is 71.1 Å². The maximum absolute atomic E-state index is 12.9. The number of aliphatic hydroxyl groups is 1. The molecule has 10 nitrogen and oxygen atoms in total. The van der Waals surface area contributed by atoms with E-state index in [1.807, 2.05) is 13.8 Å². The number of aliphatic hydroxyl groups excluding tert-OH is 1. The highest BCUT2D eigenvalue weighted by atomic mass is 16.5. The number of nitrogens with one attached hydrogen (secondary N) is 2. The molecule has 0 radical (unpaired) electrons. The van der Waals surface area contributed by atoms with E-state index in [4.69, 9.17) is 14.0 Å². The first-order valence-electron chi connectivity index (χ1n) is 12.2. The van der Waals surface area contributed by atoms with Gasteiger partial charge in [-0.3, -0.25) is 4.79 Å². The first-order valence-corrected chi connectivity index (χ1v) is 12.2. The Morgan fingerprint density at radius 3 is 2.65 bits per heavy atom. The fraction of sp³-hybridized carbons (Fsp3) is 0.370. The van der Waals surface area contributed by atoms with Crippen molar-refractivity contribution >= 4 is 17.6 Å². The molecule has 1 saturated heterocycles. The molecule has 0 aliphatic carbocycles. The van der Waals surface area contributed by atoms with Crippen LogP contribution in [0.25, 0.3) is 0 Å². The van der Waals surface area contributed by atoms with Gasteiger partial charge < -0.3 is 34.6 Å². The molecule has 3 N–H and O–H groups in total. The number of carbonyl (C=O) groups excluding carboxylic acids is 2. The summed E-state index contributed by atoms with van der Waals surface area (Å²) in [4.78, 5) is 27.5. The summed E-state index contributed by atoms with van der Waals surface area (Å²) >= 11 is 0. The Labute approximate surface area is 215 Å². The van der Waals surface area contributed by atoms with Crippen LogP contribution in [0.2, 0.25) is 0 Å². The summed E-state index contributed by atoms with van der Waals surface area (Å²) in [6, 6.07) is 12.9. The van der Waals surface area contributed by atoms with E-state index in [-0.39, 0.29) is 18.5 Å². The molecule has 2 heterocycles. The van der Waals surface area contributed by atoms with Crippen molar-refractivity contribution in [3.8, 4) is 11.5 Å². The number of methoxy groups -OCH3 is 1. The maximum Gasteiger partial charge on any atom is 0.321 e. The van der Waals surface area contributed by atoms with Gasteiger partial charge in [0.2, 0.25) is 0 Å². The number of rotatable bonds is 7. The lowest BCUT2D eigenvalue weighted by molar-refractivity contribution is 0.0811. The molecule has 2 atom stereocenters. The highest BCUT2D eigenvalue weighted by Gasteiger charge is 2.29. The van der Waals surface area contributed by atoms with Crippen molar-refractivity contribution < 1.29 is 28.7 Å². The summed E-state index contributed by atoms with van der Waals surface area (Å²) in [5, 5.41) is 20.3. The molecule has 4 rings (SSSR count). The number of amides is 3. The molecule has 1 aliphatic rings. The predicted molar refractivity (Wildman–Crippen MR) is 137 cm³/mol. The van der Waals surface area contributed by atoms with E-state index >= 15 is 0 Å². The first-order chi connectivity index (χ1) is 17.8. The number of benzene rings is 2. The summed E-state index contributed by atoms with van der Waals surface area (Å²) in [5.74, 6) is 1.61. The number of anilines is 1. The maximum atomic E-state index is 12.9. The highest BCUT2D eigenvalue weighted by molar-refractivity contribution is 5.94. The van der Waals surface area contributed by atoms with E-state index in [9.17, 15) is 14.7 Å². The molecule has 10 heteroatoms. The average molecular weight is 509 g/mol.